The van der Waals surface area contributed by atoms with Crippen LogP contribution < -0.4 is 14.8 Å². The molecule has 4 nitrogen and oxygen atoms in total. The number of nitrogens with one attached hydrogen (secondary N) is 1. The molecule has 0 saturated heterocycles. The lowest BCUT2D eigenvalue weighted by Crippen LogP contribution is -2.26. The number of hydrogen-bond acceptors (Lipinski definition) is 3. The van der Waals surface area contributed by atoms with Crippen molar-refractivity contribution in [2.45, 2.75) is 26.3 Å². The van der Waals surface area contributed by atoms with E-state index in [0.717, 1.165) is 23.3 Å². The highest BCUT2D eigenvalue weighted by molar-refractivity contribution is 5.92. The van der Waals surface area contributed by atoms with Crippen molar-refractivity contribution < 1.29 is 14.3 Å². The number of ether oxygens (including phenoxy) is 2. The van der Waals surface area contributed by atoms with Crippen molar-refractivity contribution >= 4 is 12.0 Å². The van der Waals surface area contributed by atoms with Crippen LogP contribution in [-0.4, -0.2) is 12.7 Å². The first-order chi connectivity index (χ1) is 11.7. The molecule has 0 aromatic heterocycles. The molecule has 1 aliphatic rings. The molecule has 2 aromatic carbocycles. The maximum absolute atomic E-state index is 12.2. The van der Waals surface area contributed by atoms with E-state index in [1.807, 2.05) is 18.2 Å². The standard InChI is InChI=1S/C20H21NO3/c1-3-17(16-8-4-14(2)5-9-16)21-20(22)11-7-15-6-10-18-19(12-15)24-13-23-18/h4-12,17H,3,13H2,1-2H3,(H,21,22)/b11-7+. The minimum Gasteiger partial charge on any atom is -0.454 e. The molecule has 1 aliphatic heterocycles. The van der Waals surface area contributed by atoms with Crippen LogP contribution in [0.15, 0.2) is 48.5 Å². The van der Waals surface area contributed by atoms with Gasteiger partial charge in [-0.2, -0.15) is 0 Å². The molecular formula is C20H21NO3. The minimum absolute atomic E-state index is 0.0134. The lowest BCUT2D eigenvalue weighted by molar-refractivity contribution is -0.117. The van der Waals surface area contributed by atoms with Crippen molar-refractivity contribution in [3.63, 3.8) is 0 Å². The molecule has 0 bridgehead atoms. The lowest BCUT2D eigenvalue weighted by atomic mass is 10.0. The van der Waals surface area contributed by atoms with Crippen LogP contribution in [0.3, 0.4) is 0 Å². The molecule has 1 amide bonds. The smallest absolute Gasteiger partial charge is 0.244 e. The van der Waals surface area contributed by atoms with Crippen LogP contribution in [0.4, 0.5) is 0 Å². The maximum atomic E-state index is 12.2. The molecule has 24 heavy (non-hydrogen) atoms. The fourth-order valence-corrected chi connectivity index (χ4v) is 2.63. The van der Waals surface area contributed by atoms with Crippen LogP contribution in [-0.2, 0) is 4.79 Å². The molecule has 124 valence electrons. The number of carbonyl (C=O) groups excluding carboxylic acids is 1. The summed E-state index contributed by atoms with van der Waals surface area (Å²) in [5.74, 6) is 1.34. The second-order valence-electron chi connectivity index (χ2n) is 5.83. The molecule has 3 rings (SSSR count). The van der Waals surface area contributed by atoms with Crippen molar-refractivity contribution in [2.24, 2.45) is 0 Å². The summed E-state index contributed by atoms with van der Waals surface area (Å²) in [4.78, 5) is 12.2. The maximum Gasteiger partial charge on any atom is 0.244 e. The number of benzene rings is 2. The van der Waals surface area contributed by atoms with E-state index in [2.05, 4.69) is 43.4 Å². The quantitative estimate of drug-likeness (QED) is 0.846. The first-order valence-corrected chi connectivity index (χ1v) is 8.10. The van der Waals surface area contributed by atoms with E-state index in [1.165, 1.54) is 5.56 Å². The van der Waals surface area contributed by atoms with Gasteiger partial charge in [-0.1, -0.05) is 42.8 Å². The third kappa shape index (κ3) is 3.77. The van der Waals surface area contributed by atoms with Crippen LogP contribution in [0.2, 0.25) is 0 Å². The van der Waals surface area contributed by atoms with Crippen molar-refractivity contribution in [2.75, 3.05) is 6.79 Å². The van der Waals surface area contributed by atoms with Crippen LogP contribution in [0, 0.1) is 6.92 Å². The van der Waals surface area contributed by atoms with Crippen molar-refractivity contribution in [3.05, 3.63) is 65.2 Å². The minimum atomic E-state index is -0.111. The largest absolute Gasteiger partial charge is 0.454 e. The Balaban J connectivity index is 1.64. The number of carbonyl (C=O) groups is 1. The SMILES string of the molecule is CCC(NC(=O)/C=C/c1ccc2c(c1)OCO2)c1ccc(C)cc1. The molecule has 0 spiro atoms. The second-order valence-corrected chi connectivity index (χ2v) is 5.83. The highest BCUT2D eigenvalue weighted by atomic mass is 16.7. The third-order valence-electron chi connectivity index (χ3n) is 4.03. The Bertz CT molecular complexity index is 750. The molecule has 1 N–H and O–H groups in total. The predicted octanol–water partition coefficient (Wildman–Crippen LogP) is 4.00. The van der Waals surface area contributed by atoms with Gasteiger partial charge in [0.25, 0.3) is 0 Å². The Morgan fingerprint density at radius 1 is 1.17 bits per heavy atom. The molecule has 2 aromatic rings. The van der Waals surface area contributed by atoms with Crippen molar-refractivity contribution in [1.82, 2.24) is 5.32 Å². The second kappa shape index (κ2) is 7.21. The fourth-order valence-electron chi connectivity index (χ4n) is 2.63. The Kier molecular flexibility index (Phi) is 4.85. The van der Waals surface area contributed by atoms with E-state index in [4.69, 9.17) is 9.47 Å². The molecular weight excluding hydrogens is 302 g/mol. The predicted molar refractivity (Wildman–Crippen MR) is 94.0 cm³/mol. The number of rotatable bonds is 5. The summed E-state index contributed by atoms with van der Waals surface area (Å²) in [6.45, 7) is 4.36. The molecule has 0 radical (unpaired) electrons. The topological polar surface area (TPSA) is 47.6 Å². The summed E-state index contributed by atoms with van der Waals surface area (Å²) >= 11 is 0. The zero-order valence-electron chi connectivity index (χ0n) is 13.9. The van der Waals surface area contributed by atoms with Gasteiger partial charge in [0.05, 0.1) is 6.04 Å². The average molecular weight is 323 g/mol. The van der Waals surface area contributed by atoms with Gasteiger partial charge in [-0.3, -0.25) is 4.79 Å². The summed E-state index contributed by atoms with van der Waals surface area (Å²) < 4.78 is 10.6. The summed E-state index contributed by atoms with van der Waals surface area (Å²) in [5, 5.41) is 3.04. The summed E-state index contributed by atoms with van der Waals surface area (Å²) in [6.07, 6.45) is 4.17. The van der Waals surface area contributed by atoms with Gasteiger partial charge in [0.1, 0.15) is 0 Å². The van der Waals surface area contributed by atoms with E-state index in [0.29, 0.717) is 5.75 Å². The highest BCUT2D eigenvalue weighted by Gasteiger charge is 2.13. The van der Waals surface area contributed by atoms with E-state index in [9.17, 15) is 4.79 Å². The number of aryl methyl sites for hydroxylation is 1. The zero-order valence-corrected chi connectivity index (χ0v) is 13.9. The van der Waals surface area contributed by atoms with Gasteiger partial charge in [0.15, 0.2) is 11.5 Å². The van der Waals surface area contributed by atoms with E-state index >= 15 is 0 Å². The monoisotopic (exact) mass is 323 g/mol. The normalized spacial score (nSPS) is 13.9. The van der Waals surface area contributed by atoms with Gasteiger partial charge in [-0.15, -0.1) is 0 Å². The summed E-state index contributed by atoms with van der Waals surface area (Å²) in [5.41, 5.74) is 3.23. The molecule has 4 heteroatoms. The van der Waals surface area contributed by atoms with Gasteiger partial charge < -0.3 is 14.8 Å². The number of fused-ring (bicyclic) bond motifs is 1. The van der Waals surface area contributed by atoms with Crippen LogP contribution >= 0.6 is 0 Å². The molecule has 0 aliphatic carbocycles. The molecule has 0 fully saturated rings. The first-order valence-electron chi connectivity index (χ1n) is 8.10. The fraction of sp³-hybridized carbons (Fsp3) is 0.250. The third-order valence-corrected chi connectivity index (χ3v) is 4.03. The Labute approximate surface area is 142 Å². The average Bonchev–Trinajstić information content (AvgIpc) is 3.06. The van der Waals surface area contributed by atoms with Crippen molar-refractivity contribution in [3.8, 4) is 11.5 Å². The molecule has 1 heterocycles. The van der Waals surface area contributed by atoms with Gasteiger partial charge in [0, 0.05) is 6.08 Å². The van der Waals surface area contributed by atoms with Gasteiger partial charge in [-0.25, -0.2) is 0 Å². The molecule has 1 unspecified atom stereocenters. The van der Waals surface area contributed by atoms with Crippen LogP contribution in [0.1, 0.15) is 36.1 Å². The van der Waals surface area contributed by atoms with E-state index < -0.39 is 0 Å². The van der Waals surface area contributed by atoms with E-state index in [-0.39, 0.29) is 18.7 Å². The summed E-state index contributed by atoms with van der Waals surface area (Å²) in [6, 6.07) is 13.9. The highest BCUT2D eigenvalue weighted by Crippen LogP contribution is 2.32. The van der Waals surface area contributed by atoms with Crippen molar-refractivity contribution in [1.29, 1.82) is 0 Å². The van der Waals surface area contributed by atoms with Gasteiger partial charge in [0.2, 0.25) is 12.7 Å². The molecule has 0 saturated carbocycles. The molecule has 1 atom stereocenters. The van der Waals surface area contributed by atoms with Gasteiger partial charge in [-0.05, 0) is 42.7 Å². The number of hydrogen-bond donors (Lipinski definition) is 1. The summed E-state index contributed by atoms with van der Waals surface area (Å²) in [7, 11) is 0. The van der Waals surface area contributed by atoms with Crippen LogP contribution in [0.5, 0.6) is 11.5 Å². The van der Waals surface area contributed by atoms with Crippen LogP contribution in [0.25, 0.3) is 6.08 Å². The Morgan fingerprint density at radius 2 is 1.92 bits per heavy atom. The Hall–Kier alpha value is -2.75. The van der Waals surface area contributed by atoms with Gasteiger partial charge >= 0.3 is 0 Å². The van der Waals surface area contributed by atoms with E-state index in [1.54, 1.807) is 12.2 Å². The Morgan fingerprint density at radius 3 is 2.67 bits per heavy atom. The first kappa shape index (κ1) is 16.1. The number of amides is 1. The zero-order chi connectivity index (χ0) is 16.9. The lowest BCUT2D eigenvalue weighted by Gasteiger charge is -2.16.